The van der Waals surface area contributed by atoms with Crippen LogP contribution in [0.4, 0.5) is 4.39 Å². The zero-order chi connectivity index (χ0) is 27.4. The van der Waals surface area contributed by atoms with Gasteiger partial charge in [0.1, 0.15) is 17.9 Å². The molecule has 198 valence electrons. The maximum atomic E-state index is 13.1. The molecule has 0 aliphatic rings. The summed E-state index contributed by atoms with van der Waals surface area (Å²) in [7, 11) is 0. The molecule has 2 aromatic rings. The predicted molar refractivity (Wildman–Crippen MR) is 134 cm³/mol. The van der Waals surface area contributed by atoms with Gasteiger partial charge < -0.3 is 27.0 Å². The van der Waals surface area contributed by atoms with Crippen molar-refractivity contribution in [3.63, 3.8) is 0 Å². The maximum absolute atomic E-state index is 13.1. The molecule has 0 unspecified atom stereocenters. The number of hydrogen-bond donors (Lipinski definition) is 5. The Bertz CT molecular complexity index is 1090. The second-order valence-corrected chi connectivity index (χ2v) is 8.74. The van der Waals surface area contributed by atoms with Crippen LogP contribution in [0.5, 0.6) is 0 Å². The van der Waals surface area contributed by atoms with E-state index in [1.807, 2.05) is 6.07 Å². The van der Waals surface area contributed by atoms with Crippen molar-refractivity contribution in [2.45, 2.75) is 38.8 Å². The van der Waals surface area contributed by atoms with Gasteiger partial charge in [-0.25, -0.2) is 4.39 Å². The lowest BCUT2D eigenvalue weighted by Gasteiger charge is -2.22. The average molecular weight is 514 g/mol. The molecule has 0 radical (unpaired) electrons. The highest BCUT2D eigenvalue weighted by Gasteiger charge is 2.25. The first-order valence-corrected chi connectivity index (χ1v) is 11.8. The van der Waals surface area contributed by atoms with Crippen LogP contribution in [0, 0.1) is 11.7 Å². The van der Waals surface area contributed by atoms with Crippen molar-refractivity contribution in [2.24, 2.45) is 11.7 Å². The van der Waals surface area contributed by atoms with E-state index in [-0.39, 0.29) is 37.4 Å². The Balaban J connectivity index is 1.91. The third kappa shape index (κ3) is 10.1. The minimum Gasteiger partial charge on any atom is -0.368 e. The van der Waals surface area contributed by atoms with E-state index in [2.05, 4.69) is 21.3 Å². The van der Waals surface area contributed by atoms with Gasteiger partial charge in [-0.1, -0.05) is 44.2 Å². The molecule has 0 fully saturated rings. The monoisotopic (exact) mass is 513 g/mol. The maximum Gasteiger partial charge on any atom is 0.251 e. The van der Waals surface area contributed by atoms with Crippen molar-refractivity contribution < 1.29 is 28.4 Å². The second-order valence-electron chi connectivity index (χ2n) is 8.74. The standard InChI is InChI=1S/C26H32FN5O5/c1-16(2)23(32-24(35)18-8-10-19(27)11-9-18)26(37)29-13-12-22(34)31-20(25(36)30-15-21(28)33)14-17-6-4-3-5-7-17/h3-11,16,20,23H,12-15H2,1-2H3,(H2,28,33)(H,29,37)(H,30,36)(H,31,34)(H,32,35)/t20-,23-/m0/s1. The topological polar surface area (TPSA) is 159 Å². The summed E-state index contributed by atoms with van der Waals surface area (Å²) in [5, 5.41) is 10.2. The van der Waals surface area contributed by atoms with Crippen LogP contribution in [0.15, 0.2) is 54.6 Å². The highest BCUT2D eigenvalue weighted by Crippen LogP contribution is 2.07. The van der Waals surface area contributed by atoms with Crippen molar-refractivity contribution in [3.8, 4) is 0 Å². The Morgan fingerprint density at radius 2 is 1.51 bits per heavy atom. The van der Waals surface area contributed by atoms with E-state index in [9.17, 15) is 28.4 Å². The van der Waals surface area contributed by atoms with Crippen LogP contribution >= 0.6 is 0 Å². The molecule has 0 saturated heterocycles. The van der Waals surface area contributed by atoms with Crippen LogP contribution in [0.3, 0.4) is 0 Å². The first-order chi connectivity index (χ1) is 17.6. The number of rotatable bonds is 13. The van der Waals surface area contributed by atoms with E-state index in [0.29, 0.717) is 0 Å². The third-order valence-corrected chi connectivity index (χ3v) is 5.36. The van der Waals surface area contributed by atoms with Crippen LogP contribution in [-0.2, 0) is 25.6 Å². The fourth-order valence-corrected chi connectivity index (χ4v) is 3.39. The number of carbonyl (C=O) groups excluding carboxylic acids is 5. The van der Waals surface area contributed by atoms with E-state index in [1.54, 1.807) is 38.1 Å². The minimum absolute atomic E-state index is 0.0404. The molecule has 11 heteroatoms. The number of nitrogens with one attached hydrogen (secondary N) is 4. The van der Waals surface area contributed by atoms with Crippen molar-refractivity contribution in [1.82, 2.24) is 21.3 Å². The largest absolute Gasteiger partial charge is 0.368 e. The number of halogens is 1. The molecule has 0 heterocycles. The van der Waals surface area contributed by atoms with Crippen LogP contribution in [0.25, 0.3) is 0 Å². The molecular weight excluding hydrogens is 481 g/mol. The van der Waals surface area contributed by atoms with Crippen molar-refractivity contribution in [2.75, 3.05) is 13.1 Å². The van der Waals surface area contributed by atoms with Crippen LogP contribution in [0.2, 0.25) is 0 Å². The fourth-order valence-electron chi connectivity index (χ4n) is 3.39. The van der Waals surface area contributed by atoms with Gasteiger partial charge in [0, 0.05) is 24.9 Å². The lowest BCUT2D eigenvalue weighted by molar-refractivity contribution is -0.130. The Morgan fingerprint density at radius 1 is 0.865 bits per heavy atom. The summed E-state index contributed by atoms with van der Waals surface area (Å²) in [6.45, 7) is 3.10. The van der Waals surface area contributed by atoms with Crippen LogP contribution in [0.1, 0.15) is 36.2 Å². The number of primary amides is 1. The molecule has 2 atom stereocenters. The summed E-state index contributed by atoms with van der Waals surface area (Å²) in [5.41, 5.74) is 6.09. The zero-order valence-corrected chi connectivity index (χ0v) is 20.8. The van der Waals surface area contributed by atoms with Gasteiger partial charge >= 0.3 is 0 Å². The van der Waals surface area contributed by atoms with Gasteiger partial charge in [-0.2, -0.15) is 0 Å². The number of hydrogen-bond acceptors (Lipinski definition) is 5. The van der Waals surface area contributed by atoms with Gasteiger partial charge in [0.15, 0.2) is 0 Å². The molecule has 5 amide bonds. The quantitative estimate of drug-likeness (QED) is 0.262. The summed E-state index contributed by atoms with van der Waals surface area (Å²) in [6.07, 6.45) is 0.0607. The molecule has 0 saturated carbocycles. The van der Waals surface area contributed by atoms with Gasteiger partial charge in [-0.15, -0.1) is 0 Å². The second kappa shape index (κ2) is 14.3. The number of nitrogens with two attached hydrogens (primary N) is 1. The smallest absolute Gasteiger partial charge is 0.251 e. The molecule has 2 rings (SSSR count). The van der Waals surface area contributed by atoms with Gasteiger partial charge in [-0.05, 0) is 35.7 Å². The van der Waals surface area contributed by atoms with Crippen molar-refractivity contribution in [3.05, 3.63) is 71.5 Å². The summed E-state index contributed by atoms with van der Waals surface area (Å²) < 4.78 is 13.1. The average Bonchev–Trinajstić information content (AvgIpc) is 2.86. The Labute approximate surface area is 214 Å². The highest BCUT2D eigenvalue weighted by atomic mass is 19.1. The Kier molecular flexibility index (Phi) is 11.2. The Morgan fingerprint density at radius 3 is 2.11 bits per heavy atom. The third-order valence-electron chi connectivity index (χ3n) is 5.36. The molecule has 37 heavy (non-hydrogen) atoms. The van der Waals surface area contributed by atoms with Crippen LogP contribution in [-0.4, -0.2) is 54.7 Å². The lowest BCUT2D eigenvalue weighted by Crippen LogP contribution is -2.51. The summed E-state index contributed by atoms with van der Waals surface area (Å²) >= 11 is 0. The molecule has 2 aromatic carbocycles. The van der Waals surface area contributed by atoms with E-state index in [0.717, 1.165) is 17.7 Å². The summed E-state index contributed by atoms with van der Waals surface area (Å²) in [6, 6.07) is 12.1. The summed E-state index contributed by atoms with van der Waals surface area (Å²) in [5.74, 6) is -3.54. The number of amides is 5. The van der Waals surface area contributed by atoms with E-state index >= 15 is 0 Å². The molecule has 10 nitrogen and oxygen atoms in total. The predicted octanol–water partition coefficient (Wildman–Crippen LogP) is 0.415. The molecule has 0 aliphatic heterocycles. The van der Waals surface area contributed by atoms with Crippen LogP contribution < -0.4 is 27.0 Å². The molecule has 6 N–H and O–H groups in total. The molecule has 0 aliphatic carbocycles. The summed E-state index contributed by atoms with van der Waals surface area (Å²) in [4.78, 5) is 61.2. The van der Waals surface area contributed by atoms with Gasteiger partial charge in [0.2, 0.25) is 23.6 Å². The molecule has 0 aromatic heterocycles. The lowest BCUT2D eigenvalue weighted by atomic mass is 10.0. The van der Waals surface area contributed by atoms with Gasteiger partial charge in [0.05, 0.1) is 6.54 Å². The Hall–Kier alpha value is -4.28. The van der Waals surface area contributed by atoms with Gasteiger partial charge in [0.25, 0.3) is 5.91 Å². The van der Waals surface area contributed by atoms with Crippen molar-refractivity contribution in [1.29, 1.82) is 0 Å². The number of carbonyl (C=O) groups is 5. The van der Waals surface area contributed by atoms with E-state index in [1.165, 1.54) is 12.1 Å². The van der Waals surface area contributed by atoms with E-state index < -0.39 is 47.4 Å². The van der Waals surface area contributed by atoms with E-state index in [4.69, 9.17) is 5.73 Å². The minimum atomic E-state index is -0.955. The fraction of sp³-hybridized carbons (Fsp3) is 0.346. The number of benzene rings is 2. The van der Waals surface area contributed by atoms with Crippen molar-refractivity contribution >= 4 is 29.5 Å². The molecule has 0 bridgehead atoms. The SMILES string of the molecule is CC(C)[C@H](NC(=O)c1ccc(F)cc1)C(=O)NCCC(=O)N[C@@H](Cc1ccccc1)C(=O)NCC(N)=O. The zero-order valence-electron chi connectivity index (χ0n) is 20.8. The van der Waals surface area contributed by atoms with Gasteiger partial charge in [-0.3, -0.25) is 24.0 Å². The first kappa shape index (κ1) is 29.0. The molecule has 0 spiro atoms. The normalized spacial score (nSPS) is 12.2. The molecular formula is C26H32FN5O5. The highest BCUT2D eigenvalue weighted by molar-refractivity contribution is 5.97. The first-order valence-electron chi connectivity index (χ1n) is 11.8.